The highest BCUT2D eigenvalue weighted by Gasteiger charge is 2.39. The molecule has 1 heterocycles. The topological polar surface area (TPSA) is 78.5 Å². The van der Waals surface area contributed by atoms with Crippen molar-refractivity contribution < 1.29 is 14.4 Å². The summed E-state index contributed by atoms with van der Waals surface area (Å²) in [6.45, 7) is 9.76. The van der Waals surface area contributed by atoms with E-state index in [1.54, 1.807) is 0 Å². The number of amides is 3. The molecule has 6 heteroatoms. The minimum atomic E-state index is -0.493. The standard InChI is InChI=1S/C14H25N3O3/c1-9(2)17-12(19)8-10(13(17)20)15-7-6-11(18)16-14(3,4)5/h9-10,15H,6-8H2,1-5H3,(H,16,18). The lowest BCUT2D eigenvalue weighted by Crippen LogP contribution is -2.44. The monoisotopic (exact) mass is 283 g/mol. The van der Waals surface area contributed by atoms with Gasteiger partial charge in [0, 0.05) is 24.5 Å². The van der Waals surface area contributed by atoms with Crippen LogP contribution < -0.4 is 10.6 Å². The highest BCUT2D eigenvalue weighted by Crippen LogP contribution is 2.16. The van der Waals surface area contributed by atoms with Gasteiger partial charge in [-0.1, -0.05) is 0 Å². The van der Waals surface area contributed by atoms with E-state index in [0.717, 1.165) is 0 Å². The van der Waals surface area contributed by atoms with Gasteiger partial charge >= 0.3 is 0 Å². The summed E-state index contributed by atoms with van der Waals surface area (Å²) in [5.41, 5.74) is -0.259. The second-order valence-corrected chi connectivity index (χ2v) is 6.45. The number of carbonyl (C=O) groups excluding carboxylic acids is 3. The number of hydrogen-bond donors (Lipinski definition) is 2. The summed E-state index contributed by atoms with van der Waals surface area (Å²) in [7, 11) is 0. The van der Waals surface area contributed by atoms with Crippen LogP contribution in [0.5, 0.6) is 0 Å². The van der Waals surface area contributed by atoms with Gasteiger partial charge in [-0.25, -0.2) is 0 Å². The maximum atomic E-state index is 12.0. The Kier molecular flexibility index (Phi) is 5.28. The molecule has 1 saturated heterocycles. The van der Waals surface area contributed by atoms with E-state index in [2.05, 4.69) is 10.6 Å². The quantitative estimate of drug-likeness (QED) is 0.717. The van der Waals surface area contributed by atoms with Crippen LogP contribution in [0.2, 0.25) is 0 Å². The van der Waals surface area contributed by atoms with Crippen LogP contribution in [-0.2, 0) is 14.4 Å². The lowest BCUT2D eigenvalue weighted by atomic mass is 10.1. The molecule has 0 spiro atoms. The van der Waals surface area contributed by atoms with Gasteiger partial charge in [0.15, 0.2) is 0 Å². The molecule has 0 saturated carbocycles. The normalized spacial score (nSPS) is 19.9. The van der Waals surface area contributed by atoms with Crippen LogP contribution in [0.1, 0.15) is 47.5 Å². The zero-order chi connectivity index (χ0) is 15.5. The number of imide groups is 1. The number of likely N-dealkylation sites (tertiary alicyclic amines) is 1. The van der Waals surface area contributed by atoms with Crippen LogP contribution in [0, 0.1) is 0 Å². The highest BCUT2D eigenvalue weighted by molar-refractivity contribution is 6.05. The fourth-order valence-electron chi connectivity index (χ4n) is 2.19. The van der Waals surface area contributed by atoms with Gasteiger partial charge in [-0.3, -0.25) is 19.3 Å². The van der Waals surface area contributed by atoms with Gasteiger partial charge in [-0.05, 0) is 34.6 Å². The van der Waals surface area contributed by atoms with Gasteiger partial charge in [0.2, 0.25) is 17.7 Å². The lowest BCUT2D eigenvalue weighted by molar-refractivity contribution is -0.140. The van der Waals surface area contributed by atoms with Crippen molar-refractivity contribution in [3.8, 4) is 0 Å². The number of nitrogens with zero attached hydrogens (tertiary/aromatic N) is 1. The molecule has 1 rings (SSSR count). The van der Waals surface area contributed by atoms with Crippen molar-refractivity contribution in [2.45, 2.75) is 65.1 Å². The Hall–Kier alpha value is -1.43. The first kappa shape index (κ1) is 16.6. The van der Waals surface area contributed by atoms with Crippen molar-refractivity contribution in [3.05, 3.63) is 0 Å². The van der Waals surface area contributed by atoms with E-state index in [1.165, 1.54) is 4.90 Å². The molecule has 20 heavy (non-hydrogen) atoms. The van der Waals surface area contributed by atoms with Crippen molar-refractivity contribution in [2.75, 3.05) is 6.54 Å². The highest BCUT2D eigenvalue weighted by atomic mass is 16.2. The van der Waals surface area contributed by atoms with Crippen LogP contribution in [0.25, 0.3) is 0 Å². The summed E-state index contributed by atoms with van der Waals surface area (Å²) in [5.74, 6) is -0.412. The van der Waals surface area contributed by atoms with Gasteiger partial charge in [-0.2, -0.15) is 0 Å². The van der Waals surface area contributed by atoms with Crippen molar-refractivity contribution in [3.63, 3.8) is 0 Å². The molecule has 0 aromatic rings. The van der Waals surface area contributed by atoms with Crippen LogP contribution in [-0.4, -0.2) is 46.8 Å². The first-order chi connectivity index (χ1) is 9.11. The minimum absolute atomic E-state index is 0.0671. The number of carbonyl (C=O) groups is 3. The molecular weight excluding hydrogens is 258 g/mol. The van der Waals surface area contributed by atoms with Crippen LogP contribution >= 0.6 is 0 Å². The van der Waals surface area contributed by atoms with E-state index in [4.69, 9.17) is 0 Å². The largest absolute Gasteiger partial charge is 0.351 e. The van der Waals surface area contributed by atoms with Gasteiger partial charge in [0.05, 0.1) is 12.5 Å². The van der Waals surface area contributed by atoms with Gasteiger partial charge < -0.3 is 10.6 Å². The van der Waals surface area contributed by atoms with Crippen molar-refractivity contribution in [2.24, 2.45) is 0 Å². The summed E-state index contributed by atoms with van der Waals surface area (Å²) in [5, 5.41) is 5.84. The zero-order valence-corrected chi connectivity index (χ0v) is 12.9. The maximum Gasteiger partial charge on any atom is 0.247 e. The molecule has 6 nitrogen and oxygen atoms in total. The van der Waals surface area contributed by atoms with E-state index < -0.39 is 6.04 Å². The number of nitrogens with one attached hydrogen (secondary N) is 2. The third-order valence-corrected chi connectivity index (χ3v) is 2.96. The van der Waals surface area contributed by atoms with Crippen molar-refractivity contribution in [1.82, 2.24) is 15.5 Å². The Balaban J connectivity index is 2.39. The molecule has 0 aromatic heterocycles. The minimum Gasteiger partial charge on any atom is -0.351 e. The Morgan fingerprint density at radius 3 is 2.40 bits per heavy atom. The average Bonchev–Trinajstić information content (AvgIpc) is 2.51. The first-order valence-corrected chi connectivity index (χ1v) is 7.02. The smallest absolute Gasteiger partial charge is 0.247 e. The second kappa shape index (κ2) is 6.35. The predicted octanol–water partition coefficient (Wildman–Crippen LogP) is 0.417. The summed E-state index contributed by atoms with van der Waals surface area (Å²) in [6, 6.07) is -0.613. The molecule has 2 N–H and O–H groups in total. The molecule has 0 radical (unpaired) electrons. The van der Waals surface area contributed by atoms with E-state index in [0.29, 0.717) is 6.54 Å². The van der Waals surface area contributed by atoms with Crippen LogP contribution in [0.4, 0.5) is 0 Å². The first-order valence-electron chi connectivity index (χ1n) is 7.02. The fourth-order valence-corrected chi connectivity index (χ4v) is 2.19. The van der Waals surface area contributed by atoms with E-state index >= 15 is 0 Å². The molecule has 3 amide bonds. The van der Waals surface area contributed by atoms with Crippen LogP contribution in [0.15, 0.2) is 0 Å². The Bertz CT molecular complexity index is 399. The number of rotatable bonds is 5. The van der Waals surface area contributed by atoms with E-state index in [9.17, 15) is 14.4 Å². The predicted molar refractivity (Wildman–Crippen MR) is 75.9 cm³/mol. The zero-order valence-electron chi connectivity index (χ0n) is 12.9. The number of hydrogen-bond acceptors (Lipinski definition) is 4. The molecule has 1 aliphatic rings. The van der Waals surface area contributed by atoms with Gasteiger partial charge in [0.25, 0.3) is 0 Å². The molecule has 114 valence electrons. The molecule has 0 bridgehead atoms. The molecule has 1 aliphatic heterocycles. The Morgan fingerprint density at radius 1 is 1.35 bits per heavy atom. The van der Waals surface area contributed by atoms with E-state index in [1.807, 2.05) is 34.6 Å². The Morgan fingerprint density at radius 2 is 1.95 bits per heavy atom. The summed E-state index contributed by atoms with van der Waals surface area (Å²) in [6.07, 6.45) is 0.467. The second-order valence-electron chi connectivity index (χ2n) is 6.45. The molecule has 1 fully saturated rings. The molecule has 1 unspecified atom stereocenters. The van der Waals surface area contributed by atoms with Crippen LogP contribution in [0.3, 0.4) is 0 Å². The SMILES string of the molecule is CC(C)N1C(=O)CC(NCCC(=O)NC(C)(C)C)C1=O. The average molecular weight is 283 g/mol. The lowest BCUT2D eigenvalue weighted by Gasteiger charge is -2.21. The van der Waals surface area contributed by atoms with Crippen molar-refractivity contribution in [1.29, 1.82) is 0 Å². The van der Waals surface area contributed by atoms with Crippen molar-refractivity contribution >= 4 is 17.7 Å². The third-order valence-electron chi connectivity index (χ3n) is 2.96. The third kappa shape index (κ3) is 4.59. The maximum absolute atomic E-state index is 12.0. The summed E-state index contributed by atoms with van der Waals surface area (Å²) >= 11 is 0. The van der Waals surface area contributed by atoms with Gasteiger partial charge in [0.1, 0.15) is 0 Å². The molecule has 1 atom stereocenters. The molecule has 0 aliphatic carbocycles. The fraction of sp³-hybridized carbons (Fsp3) is 0.786. The van der Waals surface area contributed by atoms with E-state index in [-0.39, 0.29) is 42.1 Å². The Labute approximate surface area is 120 Å². The molecule has 0 aromatic carbocycles. The summed E-state index contributed by atoms with van der Waals surface area (Å²) < 4.78 is 0. The van der Waals surface area contributed by atoms with Gasteiger partial charge in [-0.15, -0.1) is 0 Å². The molecular formula is C14H25N3O3. The summed E-state index contributed by atoms with van der Waals surface area (Å²) in [4.78, 5) is 36.6.